The SMILES string of the molecule is c1nc(N2CCCC[C@H]3CCCC[C@@H]32)c2ccsc2n1. The fraction of sp³-hybridized carbons (Fsp3) is 0.625. The molecule has 0 aromatic carbocycles. The molecular formula is C16H21N3S. The van der Waals surface area contributed by atoms with E-state index in [1.807, 2.05) is 0 Å². The molecule has 0 spiro atoms. The van der Waals surface area contributed by atoms with Crippen LogP contribution >= 0.6 is 11.3 Å². The van der Waals surface area contributed by atoms with Crippen molar-refractivity contribution in [1.29, 1.82) is 0 Å². The largest absolute Gasteiger partial charge is 0.353 e. The molecule has 0 amide bonds. The molecule has 106 valence electrons. The molecule has 3 nitrogen and oxygen atoms in total. The zero-order valence-corrected chi connectivity index (χ0v) is 12.6. The van der Waals surface area contributed by atoms with E-state index in [-0.39, 0.29) is 0 Å². The van der Waals surface area contributed by atoms with Crippen LogP contribution in [0.25, 0.3) is 10.2 Å². The number of hydrogen-bond donors (Lipinski definition) is 0. The molecule has 4 rings (SSSR count). The molecule has 2 aromatic rings. The highest BCUT2D eigenvalue weighted by Gasteiger charge is 2.33. The lowest BCUT2D eigenvalue weighted by molar-refractivity contribution is 0.291. The van der Waals surface area contributed by atoms with Crippen LogP contribution in [0.3, 0.4) is 0 Å². The van der Waals surface area contributed by atoms with E-state index in [9.17, 15) is 0 Å². The Bertz CT molecular complexity index is 594. The first-order valence-corrected chi connectivity index (χ1v) is 8.76. The Morgan fingerprint density at radius 3 is 2.85 bits per heavy atom. The zero-order valence-electron chi connectivity index (χ0n) is 11.8. The maximum Gasteiger partial charge on any atom is 0.141 e. The molecule has 3 heterocycles. The molecule has 0 bridgehead atoms. The molecular weight excluding hydrogens is 266 g/mol. The van der Waals surface area contributed by atoms with Crippen LogP contribution in [0.4, 0.5) is 5.82 Å². The summed E-state index contributed by atoms with van der Waals surface area (Å²) in [7, 11) is 0. The molecule has 1 aliphatic carbocycles. The molecule has 2 aromatic heterocycles. The molecule has 0 unspecified atom stereocenters. The van der Waals surface area contributed by atoms with Gasteiger partial charge in [0.1, 0.15) is 17.0 Å². The minimum atomic E-state index is 0.712. The van der Waals surface area contributed by atoms with Crippen molar-refractivity contribution in [3.8, 4) is 0 Å². The van der Waals surface area contributed by atoms with Gasteiger partial charge >= 0.3 is 0 Å². The average Bonchev–Trinajstić information content (AvgIpc) is 2.87. The van der Waals surface area contributed by atoms with Crippen molar-refractivity contribution in [3.63, 3.8) is 0 Å². The molecule has 2 aliphatic rings. The van der Waals surface area contributed by atoms with Crippen LogP contribution in [0.5, 0.6) is 0 Å². The Hall–Kier alpha value is -1.16. The normalized spacial score (nSPS) is 27.3. The number of anilines is 1. The maximum absolute atomic E-state index is 4.66. The number of fused-ring (bicyclic) bond motifs is 2. The fourth-order valence-corrected chi connectivity index (χ4v) is 4.79. The molecule has 4 heteroatoms. The number of aromatic nitrogens is 2. The van der Waals surface area contributed by atoms with E-state index in [1.165, 1.54) is 62.7 Å². The Balaban J connectivity index is 1.76. The predicted molar refractivity (Wildman–Crippen MR) is 84.4 cm³/mol. The summed E-state index contributed by atoms with van der Waals surface area (Å²) in [6.45, 7) is 1.17. The van der Waals surface area contributed by atoms with E-state index in [0.717, 1.165) is 10.7 Å². The Kier molecular flexibility index (Phi) is 3.34. The molecule has 2 atom stereocenters. The standard InChI is InChI=1S/C16H21N3S/c1-2-7-14-12(5-1)6-3-4-9-19(14)15-13-8-10-20-16(13)18-11-17-15/h8,10-12,14H,1-7,9H2/t12-,14+/m1/s1. The van der Waals surface area contributed by atoms with E-state index in [4.69, 9.17) is 0 Å². The van der Waals surface area contributed by atoms with Gasteiger partial charge in [0.15, 0.2) is 0 Å². The van der Waals surface area contributed by atoms with Gasteiger partial charge in [-0.25, -0.2) is 9.97 Å². The van der Waals surface area contributed by atoms with Crippen molar-refractivity contribution in [2.24, 2.45) is 5.92 Å². The first-order chi connectivity index (χ1) is 9.93. The minimum Gasteiger partial charge on any atom is -0.353 e. The van der Waals surface area contributed by atoms with Crippen molar-refractivity contribution in [2.75, 3.05) is 11.4 Å². The van der Waals surface area contributed by atoms with E-state index in [1.54, 1.807) is 17.7 Å². The Labute approximate surface area is 124 Å². The molecule has 1 saturated heterocycles. The predicted octanol–water partition coefficient (Wildman–Crippen LogP) is 4.24. The van der Waals surface area contributed by atoms with Gasteiger partial charge in [-0.2, -0.15) is 0 Å². The first kappa shape index (κ1) is 12.6. The van der Waals surface area contributed by atoms with Crippen LogP contribution in [-0.4, -0.2) is 22.6 Å². The number of nitrogens with zero attached hydrogens (tertiary/aromatic N) is 3. The van der Waals surface area contributed by atoms with Crippen molar-refractivity contribution >= 4 is 27.4 Å². The van der Waals surface area contributed by atoms with Gasteiger partial charge in [-0.15, -0.1) is 11.3 Å². The van der Waals surface area contributed by atoms with Gasteiger partial charge in [0, 0.05) is 12.6 Å². The highest BCUT2D eigenvalue weighted by Crippen LogP contribution is 2.38. The molecule has 1 saturated carbocycles. The van der Waals surface area contributed by atoms with E-state index < -0.39 is 0 Å². The van der Waals surface area contributed by atoms with Gasteiger partial charge in [0.25, 0.3) is 0 Å². The summed E-state index contributed by atoms with van der Waals surface area (Å²) >= 11 is 1.72. The van der Waals surface area contributed by atoms with Gasteiger partial charge < -0.3 is 4.90 Å². The summed E-state index contributed by atoms with van der Waals surface area (Å²) in [5.74, 6) is 2.07. The summed E-state index contributed by atoms with van der Waals surface area (Å²) < 4.78 is 0. The lowest BCUT2D eigenvalue weighted by Crippen LogP contribution is -2.42. The molecule has 20 heavy (non-hydrogen) atoms. The third-order valence-corrected chi connectivity index (χ3v) is 5.83. The van der Waals surface area contributed by atoms with Gasteiger partial charge in [-0.1, -0.05) is 19.3 Å². The second-order valence-electron chi connectivity index (χ2n) is 6.14. The van der Waals surface area contributed by atoms with E-state index in [0.29, 0.717) is 6.04 Å². The highest BCUT2D eigenvalue weighted by molar-refractivity contribution is 7.16. The van der Waals surface area contributed by atoms with Crippen LogP contribution in [-0.2, 0) is 0 Å². The lowest BCUT2D eigenvalue weighted by atomic mass is 9.81. The fourth-order valence-electron chi connectivity index (χ4n) is 4.06. The first-order valence-electron chi connectivity index (χ1n) is 7.88. The van der Waals surface area contributed by atoms with Gasteiger partial charge in [-0.05, 0) is 43.0 Å². The molecule has 1 aliphatic heterocycles. The van der Waals surface area contributed by atoms with Crippen molar-refractivity contribution in [3.05, 3.63) is 17.8 Å². The van der Waals surface area contributed by atoms with Crippen LogP contribution in [0, 0.1) is 5.92 Å². The minimum absolute atomic E-state index is 0.712. The summed E-state index contributed by atoms with van der Waals surface area (Å²) in [5, 5.41) is 3.39. The van der Waals surface area contributed by atoms with Crippen molar-refractivity contribution in [1.82, 2.24) is 9.97 Å². The van der Waals surface area contributed by atoms with Crippen molar-refractivity contribution in [2.45, 2.75) is 51.0 Å². The molecule has 0 N–H and O–H groups in total. The summed E-state index contributed by atoms with van der Waals surface area (Å²) in [6.07, 6.45) is 11.4. The molecule has 2 fully saturated rings. The van der Waals surface area contributed by atoms with E-state index >= 15 is 0 Å². The smallest absolute Gasteiger partial charge is 0.141 e. The van der Waals surface area contributed by atoms with Crippen LogP contribution < -0.4 is 4.90 Å². The number of thiophene rings is 1. The lowest BCUT2D eigenvalue weighted by Gasteiger charge is -2.39. The summed E-state index contributed by atoms with van der Waals surface area (Å²) in [5.41, 5.74) is 0. The average molecular weight is 287 g/mol. The van der Waals surface area contributed by atoms with Gasteiger partial charge in [-0.3, -0.25) is 0 Å². The Morgan fingerprint density at radius 1 is 1.05 bits per heavy atom. The van der Waals surface area contributed by atoms with Gasteiger partial charge in [0.05, 0.1) is 5.39 Å². The van der Waals surface area contributed by atoms with Gasteiger partial charge in [0.2, 0.25) is 0 Å². The monoisotopic (exact) mass is 287 g/mol. The summed E-state index contributed by atoms with van der Waals surface area (Å²) in [6, 6.07) is 2.90. The van der Waals surface area contributed by atoms with Crippen molar-refractivity contribution < 1.29 is 0 Å². The van der Waals surface area contributed by atoms with Crippen LogP contribution in [0.2, 0.25) is 0 Å². The molecule has 0 radical (unpaired) electrons. The van der Waals surface area contributed by atoms with Crippen LogP contribution in [0.15, 0.2) is 17.8 Å². The van der Waals surface area contributed by atoms with E-state index in [2.05, 4.69) is 26.3 Å². The number of hydrogen-bond acceptors (Lipinski definition) is 4. The number of rotatable bonds is 1. The summed E-state index contributed by atoms with van der Waals surface area (Å²) in [4.78, 5) is 12.8. The topological polar surface area (TPSA) is 29.0 Å². The highest BCUT2D eigenvalue weighted by atomic mass is 32.1. The third kappa shape index (κ3) is 2.10. The Morgan fingerprint density at radius 2 is 1.90 bits per heavy atom. The second kappa shape index (κ2) is 5.32. The third-order valence-electron chi connectivity index (χ3n) is 5.01. The maximum atomic E-state index is 4.66. The quantitative estimate of drug-likeness (QED) is 0.785. The second-order valence-corrected chi connectivity index (χ2v) is 7.03. The zero-order chi connectivity index (χ0) is 13.4. The van der Waals surface area contributed by atoms with Crippen LogP contribution in [0.1, 0.15) is 44.9 Å².